The number of rotatable bonds is 6. The van der Waals surface area contributed by atoms with Crippen LogP contribution >= 0.6 is 0 Å². The molecule has 1 aromatic rings. The first-order chi connectivity index (χ1) is 10.9. The van der Waals surface area contributed by atoms with E-state index < -0.39 is 10.0 Å². The molecule has 0 saturated heterocycles. The largest absolute Gasteiger partial charge is 0.336 e. The van der Waals surface area contributed by atoms with E-state index in [0.29, 0.717) is 23.6 Å². The van der Waals surface area contributed by atoms with Crippen LogP contribution in [0.1, 0.15) is 49.2 Å². The van der Waals surface area contributed by atoms with Gasteiger partial charge in [-0.3, -0.25) is 4.79 Å². The van der Waals surface area contributed by atoms with Gasteiger partial charge < -0.3 is 4.90 Å². The van der Waals surface area contributed by atoms with E-state index in [9.17, 15) is 13.2 Å². The lowest BCUT2D eigenvalue weighted by molar-refractivity contribution is 0.0681. The molecule has 0 heterocycles. The summed E-state index contributed by atoms with van der Waals surface area (Å²) in [4.78, 5) is 14.9. The van der Waals surface area contributed by atoms with Gasteiger partial charge in [-0.15, -0.1) is 0 Å². The maximum atomic E-state index is 13.0. The second-order valence-electron chi connectivity index (χ2n) is 7.15. The van der Waals surface area contributed by atoms with E-state index in [2.05, 4.69) is 13.8 Å². The third-order valence-corrected chi connectivity index (χ3v) is 6.01. The molecule has 5 nitrogen and oxygen atoms in total. The van der Waals surface area contributed by atoms with Crippen molar-refractivity contribution in [3.8, 4) is 0 Å². The fourth-order valence-corrected chi connectivity index (χ4v) is 3.72. The monoisotopic (exact) mass is 354 g/mol. The molecule has 136 valence electrons. The highest BCUT2D eigenvalue weighted by molar-refractivity contribution is 7.89. The first kappa shape index (κ1) is 20.6. The number of aryl methyl sites for hydroxylation is 1. The van der Waals surface area contributed by atoms with Crippen LogP contribution < -0.4 is 0 Å². The summed E-state index contributed by atoms with van der Waals surface area (Å²) < 4.78 is 26.3. The summed E-state index contributed by atoms with van der Waals surface area (Å²) in [6, 6.07) is 3.34. The summed E-state index contributed by atoms with van der Waals surface area (Å²) in [6.07, 6.45) is 0. The van der Waals surface area contributed by atoms with Crippen molar-refractivity contribution < 1.29 is 13.2 Å². The Labute approximate surface area is 146 Å². The van der Waals surface area contributed by atoms with E-state index in [0.717, 1.165) is 5.56 Å². The zero-order chi connectivity index (χ0) is 18.8. The molecule has 0 saturated carbocycles. The molecule has 0 aliphatic heterocycles. The van der Waals surface area contributed by atoms with E-state index in [1.54, 1.807) is 17.9 Å². The molecule has 0 aromatic heterocycles. The number of benzene rings is 1. The van der Waals surface area contributed by atoms with E-state index in [4.69, 9.17) is 0 Å². The molecule has 0 bridgehead atoms. The highest BCUT2D eigenvalue weighted by atomic mass is 32.2. The Kier molecular flexibility index (Phi) is 6.59. The number of hydrogen-bond donors (Lipinski definition) is 0. The Morgan fingerprint density at radius 2 is 1.62 bits per heavy atom. The number of sulfonamides is 1. The SMILES string of the molecule is Cc1cc(C(=O)N(CC(C)C)C(C)C)cc(S(=O)(=O)N(C)C)c1C. The molecule has 0 atom stereocenters. The number of carbonyl (C=O) groups is 1. The molecule has 0 N–H and O–H groups in total. The smallest absolute Gasteiger partial charge is 0.254 e. The molecule has 1 amide bonds. The molecule has 0 aliphatic rings. The fourth-order valence-electron chi connectivity index (χ4n) is 2.50. The first-order valence-electron chi connectivity index (χ1n) is 8.24. The topological polar surface area (TPSA) is 57.7 Å². The van der Waals surface area contributed by atoms with Gasteiger partial charge >= 0.3 is 0 Å². The number of amides is 1. The average Bonchev–Trinajstić information content (AvgIpc) is 2.45. The summed E-state index contributed by atoms with van der Waals surface area (Å²) in [7, 11) is -0.597. The Morgan fingerprint density at radius 3 is 2.04 bits per heavy atom. The average molecular weight is 355 g/mol. The zero-order valence-electron chi connectivity index (χ0n) is 16.0. The Bertz CT molecular complexity index is 707. The van der Waals surface area contributed by atoms with Crippen LogP contribution in [0.15, 0.2) is 17.0 Å². The van der Waals surface area contributed by atoms with Crippen LogP contribution in [-0.4, -0.2) is 50.2 Å². The number of nitrogens with zero attached hydrogens (tertiary/aromatic N) is 2. The minimum atomic E-state index is -3.59. The van der Waals surface area contributed by atoms with Gasteiger partial charge in [0.05, 0.1) is 4.90 Å². The minimum Gasteiger partial charge on any atom is -0.336 e. The van der Waals surface area contributed by atoms with E-state index in [1.807, 2.05) is 20.8 Å². The van der Waals surface area contributed by atoms with Crippen LogP contribution in [0.3, 0.4) is 0 Å². The molecule has 1 aromatic carbocycles. The summed E-state index contributed by atoms with van der Waals surface area (Å²) in [5, 5.41) is 0. The minimum absolute atomic E-state index is 0.0513. The lowest BCUT2D eigenvalue weighted by Crippen LogP contribution is -2.39. The predicted molar refractivity (Wildman–Crippen MR) is 97.8 cm³/mol. The van der Waals surface area contributed by atoms with Crippen molar-refractivity contribution in [2.24, 2.45) is 5.92 Å². The van der Waals surface area contributed by atoms with Crippen LogP contribution in [0.5, 0.6) is 0 Å². The highest BCUT2D eigenvalue weighted by Gasteiger charge is 2.25. The van der Waals surface area contributed by atoms with Crippen LogP contribution in [0.2, 0.25) is 0 Å². The molecule has 0 radical (unpaired) electrons. The summed E-state index contributed by atoms with van der Waals surface area (Å²) >= 11 is 0. The summed E-state index contributed by atoms with van der Waals surface area (Å²) in [5.74, 6) is 0.213. The van der Waals surface area contributed by atoms with Crippen LogP contribution in [0.25, 0.3) is 0 Å². The Balaban J connectivity index is 3.46. The van der Waals surface area contributed by atoms with Gasteiger partial charge in [0, 0.05) is 32.2 Å². The van der Waals surface area contributed by atoms with Crippen molar-refractivity contribution in [2.45, 2.75) is 52.5 Å². The maximum absolute atomic E-state index is 13.0. The summed E-state index contributed by atoms with van der Waals surface area (Å²) in [6.45, 7) is 12.3. The van der Waals surface area contributed by atoms with Crippen LogP contribution in [0.4, 0.5) is 0 Å². The second kappa shape index (κ2) is 7.66. The molecular weight excluding hydrogens is 324 g/mol. The zero-order valence-corrected chi connectivity index (χ0v) is 16.9. The van der Waals surface area contributed by atoms with Crippen molar-refractivity contribution in [3.63, 3.8) is 0 Å². The van der Waals surface area contributed by atoms with E-state index in [1.165, 1.54) is 24.5 Å². The second-order valence-corrected chi connectivity index (χ2v) is 9.27. The van der Waals surface area contributed by atoms with Crippen molar-refractivity contribution in [2.75, 3.05) is 20.6 Å². The van der Waals surface area contributed by atoms with Crippen LogP contribution in [0, 0.1) is 19.8 Å². The maximum Gasteiger partial charge on any atom is 0.254 e. The van der Waals surface area contributed by atoms with Gasteiger partial charge in [-0.2, -0.15) is 0 Å². The highest BCUT2D eigenvalue weighted by Crippen LogP contribution is 2.24. The fraction of sp³-hybridized carbons (Fsp3) is 0.611. The third-order valence-electron chi connectivity index (χ3n) is 4.07. The van der Waals surface area contributed by atoms with Gasteiger partial charge in [-0.1, -0.05) is 13.8 Å². The Morgan fingerprint density at radius 1 is 1.08 bits per heavy atom. The standard InChI is InChI=1S/C18H30N2O3S/c1-12(2)11-20(13(3)4)18(21)16-9-14(5)15(6)17(10-16)24(22,23)19(7)8/h9-10,12-13H,11H2,1-8H3. The van der Waals surface area contributed by atoms with Crippen molar-refractivity contribution in [1.82, 2.24) is 9.21 Å². The van der Waals surface area contributed by atoms with Gasteiger partial charge in [0.25, 0.3) is 5.91 Å². The van der Waals surface area contributed by atoms with Crippen molar-refractivity contribution in [1.29, 1.82) is 0 Å². The molecule has 24 heavy (non-hydrogen) atoms. The van der Waals surface area contributed by atoms with Crippen LogP contribution in [-0.2, 0) is 10.0 Å². The first-order valence-corrected chi connectivity index (χ1v) is 9.68. The van der Waals surface area contributed by atoms with Gasteiger partial charge in [-0.05, 0) is 56.9 Å². The molecule has 0 unspecified atom stereocenters. The van der Waals surface area contributed by atoms with Gasteiger partial charge in [0.1, 0.15) is 0 Å². The van der Waals surface area contributed by atoms with E-state index in [-0.39, 0.29) is 16.8 Å². The van der Waals surface area contributed by atoms with Gasteiger partial charge in [0.2, 0.25) is 10.0 Å². The number of hydrogen-bond acceptors (Lipinski definition) is 3. The molecule has 6 heteroatoms. The van der Waals surface area contributed by atoms with Crippen molar-refractivity contribution in [3.05, 3.63) is 28.8 Å². The lowest BCUT2D eigenvalue weighted by atomic mass is 10.0. The summed E-state index contributed by atoms with van der Waals surface area (Å²) in [5.41, 5.74) is 1.91. The molecular formula is C18H30N2O3S. The number of carbonyl (C=O) groups excluding carboxylic acids is 1. The van der Waals surface area contributed by atoms with E-state index >= 15 is 0 Å². The third kappa shape index (κ3) is 4.36. The van der Waals surface area contributed by atoms with Crippen molar-refractivity contribution >= 4 is 15.9 Å². The molecule has 0 fully saturated rings. The van der Waals surface area contributed by atoms with Gasteiger partial charge in [0.15, 0.2) is 0 Å². The molecule has 0 spiro atoms. The lowest BCUT2D eigenvalue weighted by Gasteiger charge is -2.29. The van der Waals surface area contributed by atoms with Gasteiger partial charge in [-0.25, -0.2) is 12.7 Å². The normalized spacial score (nSPS) is 12.3. The molecule has 0 aliphatic carbocycles. The molecule has 1 rings (SSSR count). The quantitative estimate of drug-likeness (QED) is 0.789. The predicted octanol–water partition coefficient (Wildman–Crippen LogP) is 3.06. The Hall–Kier alpha value is -1.40.